The summed E-state index contributed by atoms with van der Waals surface area (Å²) in [6.07, 6.45) is -1.19. The molecule has 27 nitrogen and oxygen atoms in total. The molecule has 390 valence electrons. The number of nitrogens with one attached hydrogen (secondary N) is 2. The van der Waals surface area contributed by atoms with Gasteiger partial charge in [-0.2, -0.15) is 33.1 Å². The van der Waals surface area contributed by atoms with E-state index in [0.717, 1.165) is 30.3 Å². The molecule has 0 radical (unpaired) electrons. The van der Waals surface area contributed by atoms with Crippen molar-refractivity contribution in [2.45, 2.75) is 24.5 Å². The quantitative estimate of drug-likeness (QED) is 0.0114. The Labute approximate surface area is 575 Å². The number of hydrogen-bond acceptors (Lipinski definition) is 30. The van der Waals surface area contributed by atoms with Crippen LogP contribution < -0.4 is 174 Å². The van der Waals surface area contributed by atoms with E-state index in [9.17, 15) is 54.5 Å². The molecule has 1 heterocycles. The molecule has 39 heteroatoms. The maximum atomic E-state index is 14.9. The summed E-state index contributed by atoms with van der Waals surface area (Å²) in [6, 6.07) is 25.8. The van der Waals surface area contributed by atoms with Gasteiger partial charge >= 0.3 is 154 Å². The molecule has 0 aliphatic carbocycles. The van der Waals surface area contributed by atoms with Crippen LogP contribution in [0.1, 0.15) is 0 Å². The van der Waals surface area contributed by atoms with Crippen LogP contribution >= 0.6 is 36.4 Å². The molecular formula is C41H25FN9Na5O18S6. The first-order chi connectivity index (χ1) is 35.9. The van der Waals surface area contributed by atoms with E-state index < -0.39 is 51.7 Å². The van der Waals surface area contributed by atoms with Crippen LogP contribution in [0.5, 0.6) is 0 Å². The third-order valence-electron chi connectivity index (χ3n) is 10.1. The van der Waals surface area contributed by atoms with E-state index in [-0.39, 0.29) is 228 Å². The van der Waals surface area contributed by atoms with Crippen molar-refractivity contribution in [3.05, 3.63) is 121 Å². The second kappa shape index (κ2) is 33.4. The van der Waals surface area contributed by atoms with Crippen molar-refractivity contribution < 1.29 is 235 Å². The summed E-state index contributed by atoms with van der Waals surface area (Å²) in [5, 5.41) is 65.1. The van der Waals surface area contributed by atoms with Gasteiger partial charge in [0.25, 0.3) is 0 Å². The molecule has 8 aromatic rings. The van der Waals surface area contributed by atoms with Gasteiger partial charge in [-0.25, -0.2) is 25.3 Å². The number of halogens is 1. The third kappa shape index (κ3) is 19.2. The fraction of sp³-hybridized carbons (Fsp3) is 0.0488. The topological polar surface area (TPSA) is 394 Å². The Kier molecular flexibility index (Phi) is 30.4. The second-order valence-electron chi connectivity index (χ2n) is 14.6. The van der Waals surface area contributed by atoms with Crippen molar-refractivity contribution in [3.63, 3.8) is 0 Å². The molecule has 1 aromatic heterocycles. The maximum absolute atomic E-state index is 14.9. The predicted molar refractivity (Wildman–Crippen MR) is 253 cm³/mol. The molecule has 0 atom stereocenters. The number of benzene rings is 7. The Hall–Kier alpha value is -1.52. The minimum absolute atomic E-state index is 0. The molecule has 0 aliphatic rings. The van der Waals surface area contributed by atoms with Crippen LogP contribution in [0.4, 0.5) is 50.4 Å². The summed E-state index contributed by atoms with van der Waals surface area (Å²) in [6.45, 7) is -0.329. The Balaban J connectivity index is 0.00000336. The molecule has 80 heavy (non-hydrogen) atoms. The van der Waals surface area contributed by atoms with Gasteiger partial charge in [0.15, 0.2) is 22.2 Å². The van der Waals surface area contributed by atoms with E-state index >= 15 is 0 Å². The summed E-state index contributed by atoms with van der Waals surface area (Å²) in [5.74, 6) is -0.994. The van der Waals surface area contributed by atoms with Crippen LogP contribution in [-0.4, -0.2) is 61.7 Å². The molecule has 0 aliphatic heterocycles. The molecule has 2 N–H and O–H groups in total. The zero-order chi connectivity index (χ0) is 53.3. The van der Waals surface area contributed by atoms with E-state index in [1.54, 1.807) is 30.3 Å². The van der Waals surface area contributed by atoms with Crippen molar-refractivity contribution in [1.82, 2.24) is 15.0 Å². The van der Waals surface area contributed by atoms with Gasteiger partial charge in [-0.1, -0.05) is 24.3 Å². The number of aromatic nitrogens is 3. The number of nitrogens with zero attached hydrogens (tertiary/aromatic N) is 7. The van der Waals surface area contributed by atoms with E-state index in [1.807, 2.05) is 0 Å². The maximum Gasteiger partial charge on any atom is 1.00 e. The SMILES string of the molecule is O=S(=O)([O-])c1cc(N=Nc2ccc(N=Nc3ccc(Nc4nc(F)nc(Nc5ccc(S(=O)(=O)CCOSOO[O-])cc5)n4)c4ccc(SOO[O-])cc34)c3ccc(SOO[O-])cc23)cc2c(S(=O)(=O)[O-])cccc12.[Na+].[Na+].[Na+].[Na+].[Na+]. The van der Waals surface area contributed by atoms with Crippen molar-refractivity contribution >= 4 is 145 Å². The first kappa shape index (κ1) is 72.7. The van der Waals surface area contributed by atoms with Gasteiger partial charge in [0, 0.05) is 53.5 Å². The van der Waals surface area contributed by atoms with Gasteiger partial charge in [-0.3, -0.25) is 19.3 Å². The molecule has 0 amide bonds. The Morgan fingerprint density at radius 3 is 1.65 bits per heavy atom. The van der Waals surface area contributed by atoms with Gasteiger partial charge in [0.1, 0.15) is 20.2 Å². The number of rotatable bonds is 23. The van der Waals surface area contributed by atoms with Crippen molar-refractivity contribution in [1.29, 1.82) is 0 Å². The van der Waals surface area contributed by atoms with Crippen molar-refractivity contribution in [2.75, 3.05) is 23.0 Å². The summed E-state index contributed by atoms with van der Waals surface area (Å²) in [4.78, 5) is 10.6. The molecule has 0 spiro atoms. The Bertz CT molecular complexity index is 3880. The van der Waals surface area contributed by atoms with Gasteiger partial charge in [-0.15, -0.1) is 19.7 Å². The number of azo groups is 2. The zero-order valence-electron chi connectivity index (χ0n) is 41.7. The van der Waals surface area contributed by atoms with Crippen LogP contribution in [0.15, 0.2) is 160 Å². The Morgan fingerprint density at radius 1 is 0.525 bits per heavy atom. The van der Waals surface area contributed by atoms with Crippen molar-refractivity contribution in [3.8, 4) is 0 Å². The van der Waals surface area contributed by atoms with Crippen LogP contribution in [0.2, 0.25) is 0 Å². The van der Waals surface area contributed by atoms with E-state index in [2.05, 4.69) is 74.2 Å². The number of anilines is 4. The molecule has 7 aromatic carbocycles. The number of sulfone groups is 1. The number of fused-ring (bicyclic) bond motifs is 3. The summed E-state index contributed by atoms with van der Waals surface area (Å²) in [5.41, 5.74) is 0.817. The van der Waals surface area contributed by atoms with E-state index in [0.29, 0.717) is 55.7 Å². The van der Waals surface area contributed by atoms with E-state index in [1.165, 1.54) is 54.6 Å². The molecule has 0 bridgehead atoms. The molecular weight excluding hydrogens is 1230 g/mol. The average molecular weight is 1260 g/mol. The minimum Gasteiger partial charge on any atom is -0.744 e. The predicted octanol–water partition coefficient (Wildman–Crippen LogP) is -8.35. The monoisotopic (exact) mass is 1260 g/mol. The first-order valence-corrected chi connectivity index (χ1v) is 26.8. The van der Waals surface area contributed by atoms with Gasteiger partial charge in [0.05, 0.1) is 73.9 Å². The first-order valence-electron chi connectivity index (χ1n) is 20.2. The fourth-order valence-corrected chi connectivity index (χ4v) is 10.6. The van der Waals surface area contributed by atoms with Crippen LogP contribution in [0, 0.1) is 6.08 Å². The Morgan fingerprint density at radius 2 is 1.06 bits per heavy atom. The fourth-order valence-electron chi connectivity index (χ4n) is 6.98. The van der Waals surface area contributed by atoms with Crippen LogP contribution in [0.3, 0.4) is 0 Å². The molecule has 0 saturated carbocycles. The largest absolute Gasteiger partial charge is 1.00 e. The average Bonchev–Trinajstić information content (AvgIpc) is 3.37. The smallest absolute Gasteiger partial charge is 0.744 e. The molecule has 0 unspecified atom stereocenters. The molecule has 8 rings (SSSR count). The standard InChI is InChI=1S/C41H30FN9O18S6.5Na/c42-39-45-40(43-22-4-8-26(9-5-22)73(55,56)17-16-63-72-69-66-54)47-41(46-39)44-33-12-13-36(30-20-24(70-67-64-52)6-10-27(30)33)51-50-34-14-15-35(31-21-25(71-68-65-53)7-11-28(31)34)49-48-23-18-32-29(38(19-23)75(60,61)62)2-1-3-37(32)74(57,58)59;;;;;/h1-15,18-21,52-54H,16-17H2,(H,57,58,59)(H,60,61,62)(H2,43,44,45,46,47);;;;;/q;5*+1/p-5. The summed E-state index contributed by atoms with van der Waals surface area (Å²) in [7, 11) is -14.2. The number of hydrogen-bond donors (Lipinski definition) is 2. The second-order valence-corrected chi connectivity index (χ2v) is 21.4. The minimum atomic E-state index is -5.24. The molecule has 0 fully saturated rings. The summed E-state index contributed by atoms with van der Waals surface area (Å²) >= 11 is 1.28. The van der Waals surface area contributed by atoms with Gasteiger partial charge < -0.3 is 35.5 Å². The zero-order valence-corrected chi connectivity index (χ0v) is 56.6. The molecule has 0 saturated heterocycles. The van der Waals surface area contributed by atoms with E-state index in [4.69, 9.17) is 4.18 Å². The van der Waals surface area contributed by atoms with Crippen LogP contribution in [-0.2, 0) is 62.4 Å². The van der Waals surface area contributed by atoms with Crippen molar-refractivity contribution in [2.24, 2.45) is 20.5 Å². The summed E-state index contributed by atoms with van der Waals surface area (Å²) < 4.78 is 131. The normalized spacial score (nSPS) is 11.7. The third-order valence-corrected chi connectivity index (χ3v) is 15.0. The van der Waals surface area contributed by atoms with Crippen LogP contribution in [0.25, 0.3) is 32.3 Å². The van der Waals surface area contributed by atoms with Gasteiger partial charge in [-0.05, 0) is 91.0 Å². The van der Waals surface area contributed by atoms with Gasteiger partial charge in [0.2, 0.25) is 11.9 Å².